The van der Waals surface area contributed by atoms with E-state index in [0.29, 0.717) is 13.2 Å². The molecule has 1 N–H and O–H groups in total. The zero-order valence-electron chi connectivity index (χ0n) is 11.6. The summed E-state index contributed by atoms with van der Waals surface area (Å²) in [6.45, 7) is 2.41. The number of hydrogen-bond donors (Lipinski definition) is 1. The molecule has 0 spiro atoms. The van der Waals surface area contributed by atoms with E-state index in [0.717, 1.165) is 12.8 Å². The van der Waals surface area contributed by atoms with Gasteiger partial charge in [-0.3, -0.25) is 4.79 Å². The Kier molecular flexibility index (Phi) is 4.44. The molecule has 20 heavy (non-hydrogen) atoms. The molecule has 1 aliphatic heterocycles. The lowest BCUT2D eigenvalue weighted by atomic mass is 10.2. The Morgan fingerprint density at radius 3 is 2.95 bits per heavy atom. The van der Waals surface area contributed by atoms with Gasteiger partial charge in [-0.05, 0) is 19.8 Å². The summed E-state index contributed by atoms with van der Waals surface area (Å²) >= 11 is 0. The number of hydrogen-bond acceptors (Lipinski definition) is 5. The van der Waals surface area contributed by atoms with E-state index in [2.05, 4.69) is 10.3 Å². The predicted molar refractivity (Wildman–Crippen MR) is 71.8 cm³/mol. The lowest BCUT2D eigenvalue weighted by molar-refractivity contribution is -0.120. The minimum atomic E-state index is -3.77. The van der Waals surface area contributed by atoms with Crippen molar-refractivity contribution < 1.29 is 17.9 Å². The van der Waals surface area contributed by atoms with Crippen molar-refractivity contribution in [2.24, 2.45) is 7.05 Å². The normalized spacial score (nSPS) is 20.8. The minimum absolute atomic E-state index is 0.0120. The standard InChI is InChI=1S/C12H19N3O4S/c1-9(11(16)14-8-10-4-3-7-19-10)20(17,18)12-13-5-6-15(12)2/h5-6,9-10H,3-4,7-8H2,1-2H3,(H,14,16). The monoisotopic (exact) mass is 301 g/mol. The number of ether oxygens (including phenoxy) is 1. The highest BCUT2D eigenvalue weighted by atomic mass is 32.2. The van der Waals surface area contributed by atoms with E-state index >= 15 is 0 Å². The smallest absolute Gasteiger partial charge is 0.238 e. The van der Waals surface area contributed by atoms with Gasteiger partial charge in [-0.25, -0.2) is 13.4 Å². The molecule has 0 bridgehead atoms. The highest BCUT2D eigenvalue weighted by Gasteiger charge is 2.33. The number of rotatable bonds is 5. The Hall–Kier alpha value is -1.41. The first-order chi connectivity index (χ1) is 9.43. The van der Waals surface area contributed by atoms with Crippen molar-refractivity contribution in [3.63, 3.8) is 0 Å². The van der Waals surface area contributed by atoms with Gasteiger partial charge in [0.25, 0.3) is 0 Å². The summed E-state index contributed by atoms with van der Waals surface area (Å²) in [5, 5.41) is 1.36. The lowest BCUT2D eigenvalue weighted by Gasteiger charge is -2.15. The largest absolute Gasteiger partial charge is 0.376 e. The minimum Gasteiger partial charge on any atom is -0.376 e. The maximum absolute atomic E-state index is 12.3. The quantitative estimate of drug-likeness (QED) is 0.818. The van der Waals surface area contributed by atoms with Gasteiger partial charge in [0.15, 0.2) is 0 Å². The van der Waals surface area contributed by atoms with Gasteiger partial charge in [0, 0.05) is 32.6 Å². The molecule has 1 aromatic heterocycles. The number of aromatic nitrogens is 2. The number of nitrogens with one attached hydrogen (secondary N) is 1. The molecular formula is C12H19N3O4S. The average Bonchev–Trinajstić information content (AvgIpc) is 3.06. The second-order valence-corrected chi connectivity index (χ2v) is 7.05. The number of carbonyl (C=O) groups excluding carboxylic acids is 1. The van der Waals surface area contributed by atoms with Gasteiger partial charge in [0.05, 0.1) is 6.10 Å². The van der Waals surface area contributed by atoms with Gasteiger partial charge in [0.1, 0.15) is 5.25 Å². The van der Waals surface area contributed by atoms with E-state index < -0.39 is 21.0 Å². The van der Waals surface area contributed by atoms with Crippen molar-refractivity contribution in [1.82, 2.24) is 14.9 Å². The zero-order chi connectivity index (χ0) is 14.8. The number of nitrogens with zero attached hydrogens (tertiary/aromatic N) is 2. The number of amides is 1. The molecule has 0 aliphatic carbocycles. The van der Waals surface area contributed by atoms with Crippen LogP contribution in [0.15, 0.2) is 17.6 Å². The summed E-state index contributed by atoms with van der Waals surface area (Å²) in [7, 11) is -2.19. The fourth-order valence-electron chi connectivity index (χ4n) is 2.09. The molecule has 0 saturated carbocycles. The topological polar surface area (TPSA) is 90.3 Å². The molecule has 2 atom stereocenters. The fourth-order valence-corrected chi connectivity index (χ4v) is 3.44. The molecule has 112 valence electrons. The van der Waals surface area contributed by atoms with Crippen LogP contribution < -0.4 is 5.32 Å². The van der Waals surface area contributed by atoms with E-state index in [1.165, 1.54) is 23.9 Å². The SMILES string of the molecule is CC(C(=O)NCC1CCCO1)S(=O)(=O)c1nccn1C. The number of aryl methyl sites for hydroxylation is 1. The summed E-state index contributed by atoms with van der Waals surface area (Å²) in [5.74, 6) is -0.525. The Bertz CT molecular complexity index is 575. The maximum atomic E-state index is 12.3. The molecule has 0 aromatic carbocycles. The Morgan fingerprint density at radius 2 is 2.40 bits per heavy atom. The molecule has 7 nitrogen and oxygen atoms in total. The van der Waals surface area contributed by atoms with Gasteiger partial charge < -0.3 is 14.6 Å². The molecule has 2 unspecified atom stereocenters. The fraction of sp³-hybridized carbons (Fsp3) is 0.667. The van der Waals surface area contributed by atoms with Crippen molar-refractivity contribution in [1.29, 1.82) is 0 Å². The van der Waals surface area contributed by atoms with E-state index in [4.69, 9.17) is 4.74 Å². The van der Waals surface area contributed by atoms with E-state index in [9.17, 15) is 13.2 Å². The first-order valence-electron chi connectivity index (χ1n) is 6.53. The number of sulfone groups is 1. The van der Waals surface area contributed by atoms with Crippen molar-refractivity contribution in [3.8, 4) is 0 Å². The first-order valence-corrected chi connectivity index (χ1v) is 8.08. The molecule has 1 amide bonds. The molecule has 8 heteroatoms. The third-order valence-corrected chi connectivity index (χ3v) is 5.44. The molecule has 2 rings (SSSR count). The molecule has 1 saturated heterocycles. The average molecular weight is 301 g/mol. The van der Waals surface area contributed by atoms with Crippen LogP contribution >= 0.6 is 0 Å². The van der Waals surface area contributed by atoms with Crippen molar-refractivity contribution in [3.05, 3.63) is 12.4 Å². The van der Waals surface area contributed by atoms with Crippen molar-refractivity contribution in [2.45, 2.75) is 36.3 Å². The summed E-state index contributed by atoms with van der Waals surface area (Å²) in [5.41, 5.74) is 0. The summed E-state index contributed by atoms with van der Waals surface area (Å²) in [4.78, 5) is 15.8. The first kappa shape index (κ1) is 15.0. The molecule has 1 aromatic rings. The summed E-state index contributed by atoms with van der Waals surface area (Å²) in [6.07, 6.45) is 4.78. The summed E-state index contributed by atoms with van der Waals surface area (Å²) in [6, 6.07) is 0. The second-order valence-electron chi connectivity index (χ2n) is 4.89. The maximum Gasteiger partial charge on any atom is 0.238 e. The van der Waals surface area contributed by atoms with Crippen LogP contribution in [0.1, 0.15) is 19.8 Å². The van der Waals surface area contributed by atoms with Gasteiger partial charge in [-0.1, -0.05) is 0 Å². The Morgan fingerprint density at radius 1 is 1.65 bits per heavy atom. The van der Waals surface area contributed by atoms with Gasteiger partial charge >= 0.3 is 0 Å². The van der Waals surface area contributed by atoms with E-state index in [1.54, 1.807) is 7.05 Å². The lowest BCUT2D eigenvalue weighted by Crippen LogP contribution is -2.41. The van der Waals surface area contributed by atoms with Crippen LogP contribution in [0.4, 0.5) is 0 Å². The summed E-state index contributed by atoms with van der Waals surface area (Å²) < 4.78 is 31.3. The second kappa shape index (κ2) is 5.92. The van der Waals surface area contributed by atoms with Gasteiger partial charge in [-0.2, -0.15) is 0 Å². The van der Waals surface area contributed by atoms with Crippen LogP contribution in [0.5, 0.6) is 0 Å². The van der Waals surface area contributed by atoms with Crippen LogP contribution in [-0.2, 0) is 26.4 Å². The van der Waals surface area contributed by atoms with Crippen molar-refractivity contribution in [2.75, 3.05) is 13.2 Å². The van der Waals surface area contributed by atoms with Gasteiger partial charge in [-0.15, -0.1) is 0 Å². The van der Waals surface area contributed by atoms with E-state index in [-0.39, 0.29) is 11.3 Å². The van der Waals surface area contributed by atoms with E-state index in [1.807, 2.05) is 0 Å². The molecule has 1 fully saturated rings. The highest BCUT2D eigenvalue weighted by molar-refractivity contribution is 7.92. The number of imidazole rings is 1. The molecule has 1 aliphatic rings. The molecule has 2 heterocycles. The van der Waals surface area contributed by atoms with Crippen molar-refractivity contribution >= 4 is 15.7 Å². The van der Waals surface area contributed by atoms with Crippen LogP contribution in [-0.4, -0.2) is 48.4 Å². The van der Waals surface area contributed by atoms with Crippen LogP contribution in [0.2, 0.25) is 0 Å². The third-order valence-electron chi connectivity index (χ3n) is 3.39. The Balaban J connectivity index is 2.00. The number of carbonyl (C=O) groups is 1. The van der Waals surface area contributed by atoms with Crippen LogP contribution in [0.3, 0.4) is 0 Å². The molecular weight excluding hydrogens is 282 g/mol. The molecule has 0 radical (unpaired) electrons. The highest BCUT2D eigenvalue weighted by Crippen LogP contribution is 2.14. The van der Waals surface area contributed by atoms with Gasteiger partial charge in [0.2, 0.25) is 20.9 Å². The van der Waals surface area contributed by atoms with Crippen LogP contribution in [0, 0.1) is 0 Å². The Labute approximate surface area is 118 Å². The zero-order valence-corrected chi connectivity index (χ0v) is 12.4. The predicted octanol–water partition coefficient (Wildman–Crippen LogP) is -0.123. The third kappa shape index (κ3) is 3.01. The van der Waals surface area contributed by atoms with Crippen LogP contribution in [0.25, 0.3) is 0 Å².